The summed E-state index contributed by atoms with van der Waals surface area (Å²) in [6.45, 7) is 0.372. The van der Waals surface area contributed by atoms with Crippen molar-refractivity contribution in [3.63, 3.8) is 0 Å². The lowest BCUT2D eigenvalue weighted by atomic mass is 10.2. The number of halogens is 1. The van der Waals surface area contributed by atoms with Gasteiger partial charge >= 0.3 is 0 Å². The topological polar surface area (TPSA) is 102 Å². The van der Waals surface area contributed by atoms with E-state index in [1.807, 2.05) is 30.3 Å². The van der Waals surface area contributed by atoms with Crippen LogP contribution in [0.25, 0.3) is 0 Å². The number of nitro benzene ring substituents is 1. The van der Waals surface area contributed by atoms with Crippen LogP contribution in [0.15, 0.2) is 70.4 Å². The number of carbonyl (C=O) groups is 1. The highest BCUT2D eigenvalue weighted by Gasteiger charge is 2.15. The van der Waals surface area contributed by atoms with Crippen LogP contribution in [0.5, 0.6) is 0 Å². The van der Waals surface area contributed by atoms with Gasteiger partial charge in [0.2, 0.25) is 0 Å². The Morgan fingerprint density at radius 3 is 2.59 bits per heavy atom. The molecule has 27 heavy (non-hydrogen) atoms. The Hall–Kier alpha value is -3.33. The monoisotopic (exact) mass is 427 g/mol. The Labute approximate surface area is 162 Å². The second-order valence-electron chi connectivity index (χ2n) is 5.56. The fourth-order valence-corrected chi connectivity index (χ4v) is 2.80. The normalized spacial score (nSPS) is 10.9. The maximum absolute atomic E-state index is 12.2. The molecule has 3 rings (SSSR count). The first kappa shape index (κ1) is 18.5. The van der Waals surface area contributed by atoms with Crippen LogP contribution in [-0.4, -0.2) is 26.8 Å². The summed E-state index contributed by atoms with van der Waals surface area (Å²) in [5.41, 5.74) is 4.34. The third kappa shape index (κ3) is 4.85. The molecular weight excluding hydrogens is 414 g/mol. The lowest BCUT2D eigenvalue weighted by Gasteiger charge is -2.01. The Bertz CT molecular complexity index is 984. The number of amides is 1. The number of hydrazone groups is 1. The van der Waals surface area contributed by atoms with Gasteiger partial charge in [-0.15, -0.1) is 0 Å². The van der Waals surface area contributed by atoms with E-state index in [-0.39, 0.29) is 11.4 Å². The second-order valence-corrected chi connectivity index (χ2v) is 6.41. The van der Waals surface area contributed by atoms with Crippen molar-refractivity contribution in [1.29, 1.82) is 0 Å². The number of nitro groups is 1. The smallest absolute Gasteiger partial charge is 0.266 e. The van der Waals surface area contributed by atoms with Gasteiger partial charge in [0.05, 0.1) is 22.2 Å². The maximum Gasteiger partial charge on any atom is 0.293 e. The summed E-state index contributed by atoms with van der Waals surface area (Å²) in [7, 11) is 0. The molecule has 1 N–H and O–H groups in total. The van der Waals surface area contributed by atoms with E-state index in [1.165, 1.54) is 12.1 Å². The average Bonchev–Trinajstić information content (AvgIpc) is 3.03. The molecule has 0 radical (unpaired) electrons. The molecule has 1 heterocycles. The number of aromatic nitrogens is 2. The predicted molar refractivity (Wildman–Crippen MR) is 104 cm³/mol. The molecule has 0 aliphatic rings. The fourth-order valence-electron chi connectivity index (χ4n) is 2.30. The summed E-state index contributed by atoms with van der Waals surface area (Å²) >= 11 is 3.31. The third-order valence-electron chi connectivity index (χ3n) is 3.60. The molecule has 0 aliphatic carbocycles. The quantitative estimate of drug-likeness (QED) is 0.370. The number of nitrogens with zero attached hydrogens (tertiary/aromatic N) is 4. The molecule has 0 unspecified atom stereocenters. The van der Waals surface area contributed by atoms with E-state index in [4.69, 9.17) is 0 Å². The van der Waals surface area contributed by atoms with E-state index in [9.17, 15) is 14.9 Å². The van der Waals surface area contributed by atoms with Crippen LogP contribution in [0.4, 0.5) is 5.69 Å². The lowest BCUT2D eigenvalue weighted by molar-refractivity contribution is -0.384. The van der Waals surface area contributed by atoms with Gasteiger partial charge in [0.15, 0.2) is 5.69 Å². The van der Waals surface area contributed by atoms with Crippen LogP contribution < -0.4 is 5.43 Å². The molecule has 0 bridgehead atoms. The number of hydrogen-bond donors (Lipinski definition) is 1. The number of carbonyl (C=O) groups excluding carboxylic acids is 1. The minimum Gasteiger partial charge on any atom is -0.266 e. The van der Waals surface area contributed by atoms with Gasteiger partial charge in [-0.05, 0) is 27.1 Å². The third-order valence-corrected chi connectivity index (χ3v) is 4.18. The largest absolute Gasteiger partial charge is 0.293 e. The summed E-state index contributed by atoms with van der Waals surface area (Å²) in [6.07, 6.45) is 3.21. The van der Waals surface area contributed by atoms with Gasteiger partial charge in [0.1, 0.15) is 0 Å². The van der Waals surface area contributed by atoms with Crippen LogP contribution in [0, 0.1) is 10.1 Å². The summed E-state index contributed by atoms with van der Waals surface area (Å²) in [6, 6.07) is 15.5. The van der Waals surface area contributed by atoms with Crippen molar-refractivity contribution in [2.24, 2.45) is 5.10 Å². The van der Waals surface area contributed by atoms with E-state index in [1.54, 1.807) is 29.2 Å². The first-order valence-electron chi connectivity index (χ1n) is 7.87. The Balaban J connectivity index is 1.65. The van der Waals surface area contributed by atoms with Crippen LogP contribution in [0.1, 0.15) is 21.6 Å². The minimum absolute atomic E-state index is 0.0248. The molecule has 2 aromatic carbocycles. The van der Waals surface area contributed by atoms with Gasteiger partial charge in [-0.1, -0.05) is 42.5 Å². The molecular formula is C18H14BrN5O3. The molecule has 8 nitrogen and oxygen atoms in total. The average molecular weight is 428 g/mol. The highest BCUT2D eigenvalue weighted by Crippen LogP contribution is 2.17. The van der Waals surface area contributed by atoms with Crippen molar-refractivity contribution in [3.8, 4) is 0 Å². The molecule has 3 aromatic rings. The predicted octanol–water partition coefficient (Wildman–Crippen LogP) is 3.37. The maximum atomic E-state index is 12.2. The second kappa shape index (κ2) is 8.37. The van der Waals surface area contributed by atoms with Crippen molar-refractivity contribution >= 4 is 33.7 Å². The highest BCUT2D eigenvalue weighted by atomic mass is 79.9. The summed E-state index contributed by atoms with van der Waals surface area (Å²) in [4.78, 5) is 22.5. The van der Waals surface area contributed by atoms with E-state index in [0.717, 1.165) is 11.1 Å². The molecule has 136 valence electrons. The first-order chi connectivity index (χ1) is 13.0. The van der Waals surface area contributed by atoms with Crippen molar-refractivity contribution in [2.75, 3.05) is 0 Å². The molecule has 1 aromatic heterocycles. The zero-order valence-electron chi connectivity index (χ0n) is 13.9. The number of rotatable bonds is 6. The van der Waals surface area contributed by atoms with Gasteiger partial charge in [-0.25, -0.2) is 5.43 Å². The van der Waals surface area contributed by atoms with E-state index < -0.39 is 10.8 Å². The minimum atomic E-state index is -0.452. The van der Waals surface area contributed by atoms with Gasteiger partial charge in [0, 0.05) is 18.3 Å². The first-order valence-corrected chi connectivity index (χ1v) is 8.67. The zero-order chi connectivity index (χ0) is 19.2. The van der Waals surface area contributed by atoms with Gasteiger partial charge < -0.3 is 0 Å². The van der Waals surface area contributed by atoms with E-state index in [2.05, 4.69) is 31.6 Å². The molecule has 0 atom stereocenters. The van der Waals surface area contributed by atoms with Gasteiger partial charge in [-0.3, -0.25) is 19.6 Å². The van der Waals surface area contributed by atoms with Crippen LogP contribution in [0.3, 0.4) is 0 Å². The number of hydrogen-bond acceptors (Lipinski definition) is 5. The SMILES string of the molecule is O=C(NN=Cc1ccccc1)c1nn(Cc2ccc([N+](=O)[O-])cc2)cc1Br. The molecule has 0 aliphatic heterocycles. The van der Waals surface area contributed by atoms with Gasteiger partial charge in [-0.2, -0.15) is 10.2 Å². The highest BCUT2D eigenvalue weighted by molar-refractivity contribution is 9.10. The number of benzene rings is 2. The molecule has 0 saturated carbocycles. The van der Waals surface area contributed by atoms with Gasteiger partial charge in [0.25, 0.3) is 11.6 Å². The Kier molecular flexibility index (Phi) is 5.72. The zero-order valence-corrected chi connectivity index (χ0v) is 15.5. The Morgan fingerprint density at radius 1 is 1.22 bits per heavy atom. The number of nitrogens with one attached hydrogen (secondary N) is 1. The number of non-ortho nitro benzene ring substituents is 1. The summed E-state index contributed by atoms with van der Waals surface area (Å²) in [5, 5.41) is 18.9. The summed E-state index contributed by atoms with van der Waals surface area (Å²) < 4.78 is 2.10. The fraction of sp³-hybridized carbons (Fsp3) is 0.0556. The summed E-state index contributed by atoms with van der Waals surface area (Å²) in [5.74, 6) is -0.448. The van der Waals surface area contributed by atoms with Crippen LogP contribution in [-0.2, 0) is 6.54 Å². The molecule has 1 amide bonds. The lowest BCUT2D eigenvalue weighted by Crippen LogP contribution is -2.19. The van der Waals surface area contributed by atoms with E-state index in [0.29, 0.717) is 11.0 Å². The van der Waals surface area contributed by atoms with E-state index >= 15 is 0 Å². The molecule has 0 fully saturated rings. The Morgan fingerprint density at radius 2 is 1.93 bits per heavy atom. The van der Waals surface area contributed by atoms with Crippen LogP contribution in [0.2, 0.25) is 0 Å². The van der Waals surface area contributed by atoms with Crippen molar-refractivity contribution < 1.29 is 9.72 Å². The molecule has 0 saturated heterocycles. The van der Waals surface area contributed by atoms with Crippen molar-refractivity contribution in [1.82, 2.24) is 15.2 Å². The van der Waals surface area contributed by atoms with Crippen molar-refractivity contribution in [2.45, 2.75) is 6.54 Å². The van der Waals surface area contributed by atoms with Crippen molar-refractivity contribution in [3.05, 3.63) is 92.2 Å². The molecule has 9 heteroatoms. The molecule has 0 spiro atoms. The van der Waals surface area contributed by atoms with Crippen LogP contribution >= 0.6 is 15.9 Å². The standard InChI is InChI=1S/C18H14BrN5O3/c19-16-12-23(11-14-6-8-15(9-7-14)24(26)27)22-17(16)18(25)21-20-10-13-4-2-1-3-5-13/h1-10,12H,11H2,(H,21,25).